The molecule has 1 N–H and O–H groups in total. The number of nitrogens with one attached hydrogen (secondary N) is 1. The van der Waals surface area contributed by atoms with Gasteiger partial charge in [-0.15, -0.1) is 0 Å². The number of rotatable bonds is 8. The van der Waals surface area contributed by atoms with Gasteiger partial charge in [-0.25, -0.2) is 0 Å². The molecule has 0 aliphatic heterocycles. The Balaban J connectivity index is 2.58. The van der Waals surface area contributed by atoms with E-state index in [2.05, 4.69) is 71.1 Å². The third-order valence-corrected chi connectivity index (χ3v) is 3.56. The van der Waals surface area contributed by atoms with Crippen molar-refractivity contribution < 1.29 is 4.74 Å². The molecule has 0 fully saturated rings. The van der Waals surface area contributed by atoms with Crippen LogP contribution in [-0.2, 0) is 5.41 Å². The maximum atomic E-state index is 6.14. The summed E-state index contributed by atoms with van der Waals surface area (Å²) in [6.07, 6.45) is 2.49. The van der Waals surface area contributed by atoms with Crippen LogP contribution in [0.3, 0.4) is 0 Å². The molecule has 2 heteroatoms. The smallest absolute Gasteiger partial charge is 0.119 e. The largest absolute Gasteiger partial charge is 0.489 e. The highest BCUT2D eigenvalue weighted by Crippen LogP contribution is 2.24. The summed E-state index contributed by atoms with van der Waals surface area (Å²) in [6, 6.07) is 8.57. The van der Waals surface area contributed by atoms with Crippen molar-refractivity contribution in [1.82, 2.24) is 5.32 Å². The number of hydrogen-bond donors (Lipinski definition) is 1. The predicted molar refractivity (Wildman–Crippen MR) is 92.2 cm³/mol. The summed E-state index contributed by atoms with van der Waals surface area (Å²) in [5.41, 5.74) is 1.54. The van der Waals surface area contributed by atoms with Gasteiger partial charge in [-0.2, -0.15) is 0 Å². The highest BCUT2D eigenvalue weighted by Gasteiger charge is 2.14. The molecule has 1 aromatic carbocycles. The summed E-state index contributed by atoms with van der Waals surface area (Å²) in [5.74, 6) is 1.66. The van der Waals surface area contributed by atoms with Crippen LogP contribution in [0.2, 0.25) is 0 Å². The van der Waals surface area contributed by atoms with E-state index in [-0.39, 0.29) is 11.5 Å². The second kappa shape index (κ2) is 8.43. The minimum absolute atomic E-state index is 0.195. The van der Waals surface area contributed by atoms with Gasteiger partial charge in [-0.3, -0.25) is 0 Å². The Labute approximate surface area is 131 Å². The lowest BCUT2D eigenvalue weighted by Crippen LogP contribution is -2.33. The quantitative estimate of drug-likeness (QED) is 0.744. The normalized spacial score (nSPS) is 13.5. The molecule has 0 aliphatic carbocycles. The van der Waals surface area contributed by atoms with E-state index in [1.807, 2.05) is 0 Å². The van der Waals surface area contributed by atoms with Crippen molar-refractivity contribution in [2.45, 2.75) is 65.9 Å². The molecule has 0 radical (unpaired) electrons. The van der Waals surface area contributed by atoms with Crippen LogP contribution in [0, 0.1) is 5.92 Å². The Morgan fingerprint density at radius 3 is 2.14 bits per heavy atom. The number of benzene rings is 1. The first-order chi connectivity index (χ1) is 9.82. The first-order valence-corrected chi connectivity index (χ1v) is 8.30. The fourth-order valence-electron chi connectivity index (χ4n) is 2.28. The molecule has 2 nitrogen and oxygen atoms in total. The van der Waals surface area contributed by atoms with Crippen molar-refractivity contribution >= 4 is 0 Å². The Kier molecular flexibility index (Phi) is 7.24. The molecular weight excluding hydrogens is 258 g/mol. The van der Waals surface area contributed by atoms with Gasteiger partial charge in [-0.1, -0.05) is 60.1 Å². The molecule has 0 aliphatic rings. The average Bonchev–Trinajstić information content (AvgIpc) is 2.38. The van der Waals surface area contributed by atoms with Gasteiger partial charge in [0.25, 0.3) is 0 Å². The molecule has 1 aromatic rings. The molecule has 0 amide bonds. The van der Waals surface area contributed by atoms with Gasteiger partial charge in [0.2, 0.25) is 0 Å². The van der Waals surface area contributed by atoms with Crippen LogP contribution < -0.4 is 10.1 Å². The van der Waals surface area contributed by atoms with Crippen LogP contribution in [0.1, 0.15) is 59.9 Å². The third kappa shape index (κ3) is 6.99. The van der Waals surface area contributed by atoms with Crippen molar-refractivity contribution in [3.05, 3.63) is 29.8 Å². The van der Waals surface area contributed by atoms with E-state index in [1.165, 1.54) is 5.56 Å². The predicted octanol–water partition coefficient (Wildman–Crippen LogP) is 4.78. The van der Waals surface area contributed by atoms with Crippen molar-refractivity contribution in [2.24, 2.45) is 5.92 Å². The second-order valence-corrected chi connectivity index (χ2v) is 7.36. The molecule has 0 aromatic heterocycles. The summed E-state index contributed by atoms with van der Waals surface area (Å²) in [4.78, 5) is 0. The fraction of sp³-hybridized carbons (Fsp3) is 0.684. The van der Waals surface area contributed by atoms with E-state index >= 15 is 0 Å². The van der Waals surface area contributed by atoms with Crippen LogP contribution in [0.4, 0.5) is 0 Å². The minimum atomic E-state index is 0.195. The zero-order valence-corrected chi connectivity index (χ0v) is 14.7. The van der Waals surface area contributed by atoms with Gasteiger partial charge in [-0.05, 0) is 42.0 Å². The lowest BCUT2D eigenvalue weighted by Gasteiger charge is -2.22. The van der Waals surface area contributed by atoms with Crippen molar-refractivity contribution in [3.8, 4) is 5.75 Å². The van der Waals surface area contributed by atoms with Crippen LogP contribution in [0.15, 0.2) is 24.3 Å². The molecule has 0 spiro atoms. The highest BCUT2D eigenvalue weighted by atomic mass is 16.5. The molecule has 0 bridgehead atoms. The van der Waals surface area contributed by atoms with Crippen molar-refractivity contribution in [3.63, 3.8) is 0 Å². The van der Waals surface area contributed by atoms with E-state index < -0.39 is 0 Å². The summed E-state index contributed by atoms with van der Waals surface area (Å²) >= 11 is 0. The van der Waals surface area contributed by atoms with E-state index in [4.69, 9.17) is 4.74 Å². The topological polar surface area (TPSA) is 21.3 Å². The Morgan fingerprint density at radius 2 is 1.67 bits per heavy atom. The second-order valence-electron chi connectivity index (χ2n) is 7.36. The maximum Gasteiger partial charge on any atom is 0.119 e. The van der Waals surface area contributed by atoms with Crippen molar-refractivity contribution in [2.75, 3.05) is 13.1 Å². The van der Waals surface area contributed by atoms with Gasteiger partial charge in [0.05, 0.1) is 0 Å². The Bertz CT molecular complexity index is 389. The van der Waals surface area contributed by atoms with Crippen molar-refractivity contribution in [1.29, 1.82) is 0 Å². The maximum absolute atomic E-state index is 6.14. The first kappa shape index (κ1) is 18.0. The highest BCUT2D eigenvalue weighted by molar-refractivity contribution is 5.31. The number of hydrogen-bond acceptors (Lipinski definition) is 2. The summed E-state index contributed by atoms with van der Waals surface area (Å²) in [7, 11) is 0. The molecule has 120 valence electrons. The van der Waals surface area contributed by atoms with Gasteiger partial charge in [0.1, 0.15) is 11.9 Å². The molecule has 1 rings (SSSR count). The van der Waals surface area contributed by atoms with E-state index in [0.29, 0.717) is 5.92 Å². The molecule has 1 atom stereocenters. The lowest BCUT2D eigenvalue weighted by molar-refractivity contribution is 0.185. The molecule has 1 unspecified atom stereocenters. The van der Waals surface area contributed by atoms with Gasteiger partial charge in [0, 0.05) is 6.54 Å². The van der Waals surface area contributed by atoms with Gasteiger partial charge >= 0.3 is 0 Å². The van der Waals surface area contributed by atoms with Crippen LogP contribution in [0.25, 0.3) is 0 Å². The standard InChI is InChI=1S/C19H33NO/c1-7-8-18(14-20-13-15(2)3)21-17-11-9-16(10-12-17)19(4,5)6/h9-12,15,18,20H,7-8,13-14H2,1-6H3. The van der Waals surface area contributed by atoms with Crippen LogP contribution >= 0.6 is 0 Å². The lowest BCUT2D eigenvalue weighted by atomic mass is 9.87. The monoisotopic (exact) mass is 291 g/mol. The summed E-state index contributed by atoms with van der Waals surface area (Å²) in [6.45, 7) is 15.3. The van der Waals surface area contributed by atoms with Crippen LogP contribution in [-0.4, -0.2) is 19.2 Å². The van der Waals surface area contributed by atoms with Crippen LogP contribution in [0.5, 0.6) is 5.75 Å². The Morgan fingerprint density at radius 1 is 1.05 bits per heavy atom. The van der Waals surface area contributed by atoms with E-state index in [1.54, 1.807) is 0 Å². The van der Waals surface area contributed by atoms with Gasteiger partial charge < -0.3 is 10.1 Å². The zero-order valence-electron chi connectivity index (χ0n) is 14.7. The molecule has 0 saturated heterocycles. The SMILES string of the molecule is CCCC(CNCC(C)C)Oc1ccc(C(C)(C)C)cc1. The fourth-order valence-corrected chi connectivity index (χ4v) is 2.28. The molecular formula is C19H33NO. The Hall–Kier alpha value is -1.02. The average molecular weight is 291 g/mol. The minimum Gasteiger partial charge on any atom is -0.489 e. The van der Waals surface area contributed by atoms with E-state index in [0.717, 1.165) is 31.7 Å². The third-order valence-electron chi connectivity index (χ3n) is 3.56. The summed E-state index contributed by atoms with van der Waals surface area (Å²) < 4.78 is 6.14. The molecule has 21 heavy (non-hydrogen) atoms. The van der Waals surface area contributed by atoms with Gasteiger partial charge in [0.15, 0.2) is 0 Å². The first-order valence-electron chi connectivity index (χ1n) is 8.30. The molecule has 0 heterocycles. The zero-order chi connectivity index (χ0) is 15.9. The molecule has 0 saturated carbocycles. The summed E-state index contributed by atoms with van der Waals surface area (Å²) in [5, 5.41) is 3.50. The number of ether oxygens (including phenoxy) is 1. The van der Waals surface area contributed by atoms with E-state index in [9.17, 15) is 0 Å².